The third-order valence-electron chi connectivity index (χ3n) is 4.53. The number of rotatable bonds is 7. The van der Waals surface area contributed by atoms with Crippen LogP contribution in [0.5, 0.6) is 0 Å². The second-order valence-electron chi connectivity index (χ2n) is 6.00. The van der Waals surface area contributed by atoms with Crippen molar-refractivity contribution in [3.8, 4) is 0 Å². The largest absolute Gasteiger partial charge is 0.336 e. The van der Waals surface area contributed by atoms with Gasteiger partial charge in [-0.2, -0.15) is 11.3 Å². The van der Waals surface area contributed by atoms with Crippen molar-refractivity contribution < 1.29 is 4.79 Å². The van der Waals surface area contributed by atoms with E-state index in [0.717, 1.165) is 29.7 Å². The molecule has 2 heterocycles. The number of anilines is 1. The van der Waals surface area contributed by atoms with Crippen LogP contribution in [0, 0.1) is 0 Å². The molecule has 2 amide bonds. The summed E-state index contributed by atoms with van der Waals surface area (Å²) < 4.78 is 0. The highest BCUT2D eigenvalue weighted by molar-refractivity contribution is 7.07. The molecule has 2 aromatic heterocycles. The van der Waals surface area contributed by atoms with Crippen LogP contribution in [0.2, 0.25) is 0 Å². The number of nitrogens with zero attached hydrogens (tertiary/aromatic N) is 2. The lowest BCUT2D eigenvalue weighted by Crippen LogP contribution is -2.39. The number of likely N-dealkylation sites (N-methyl/N-ethyl adjacent to an activating group) is 1. The Labute approximate surface area is 158 Å². The molecule has 0 saturated heterocycles. The van der Waals surface area contributed by atoms with E-state index in [9.17, 15) is 4.79 Å². The average Bonchev–Trinajstić information content (AvgIpc) is 3.20. The molecule has 0 bridgehead atoms. The summed E-state index contributed by atoms with van der Waals surface area (Å²) in [5.74, 6) is 0. The van der Waals surface area contributed by atoms with Crippen LogP contribution in [0.25, 0.3) is 10.9 Å². The first-order chi connectivity index (χ1) is 12.7. The predicted molar refractivity (Wildman–Crippen MR) is 109 cm³/mol. The molecule has 0 spiro atoms. The number of carbonyl (C=O) groups excluding carboxylic acids is 1. The molecule has 136 valence electrons. The minimum atomic E-state index is -0.200. The number of thiophene rings is 1. The van der Waals surface area contributed by atoms with Crippen molar-refractivity contribution in [2.75, 3.05) is 25.0 Å². The highest BCUT2D eigenvalue weighted by atomic mass is 32.1. The molecule has 0 fully saturated rings. The van der Waals surface area contributed by atoms with Gasteiger partial charge in [0.15, 0.2) is 0 Å². The standard InChI is InChI=1S/C20H24N4OS/c1-3-24(4-2)19(15-10-12-26-14-15)13-22-20(25)23-18-9-5-8-17-16(18)7-6-11-21-17/h5-12,14,19H,3-4,13H2,1-2H3,(H2,22,23,25)/t19-/m1/s1. The smallest absolute Gasteiger partial charge is 0.319 e. The van der Waals surface area contributed by atoms with Gasteiger partial charge in [-0.15, -0.1) is 0 Å². The molecule has 0 aliphatic rings. The third kappa shape index (κ3) is 4.20. The second kappa shape index (κ2) is 8.78. The number of urea groups is 1. The van der Waals surface area contributed by atoms with Crippen LogP contribution in [0.3, 0.4) is 0 Å². The quantitative estimate of drug-likeness (QED) is 0.645. The molecule has 0 saturated carbocycles. The number of benzene rings is 1. The van der Waals surface area contributed by atoms with Gasteiger partial charge >= 0.3 is 6.03 Å². The lowest BCUT2D eigenvalue weighted by Gasteiger charge is -2.29. The molecule has 3 rings (SSSR count). The molecule has 3 aromatic rings. The fraction of sp³-hybridized carbons (Fsp3) is 0.300. The van der Waals surface area contributed by atoms with Crippen LogP contribution >= 0.6 is 11.3 Å². The zero-order valence-electron chi connectivity index (χ0n) is 15.1. The first-order valence-electron chi connectivity index (χ1n) is 8.87. The average molecular weight is 369 g/mol. The Morgan fingerprint density at radius 2 is 2.04 bits per heavy atom. The van der Waals surface area contributed by atoms with Gasteiger partial charge in [0.05, 0.1) is 17.2 Å². The van der Waals surface area contributed by atoms with Crippen molar-refractivity contribution in [3.63, 3.8) is 0 Å². The molecular weight excluding hydrogens is 344 g/mol. The molecule has 0 aliphatic heterocycles. The molecular formula is C20H24N4OS. The number of carbonyl (C=O) groups is 1. The minimum absolute atomic E-state index is 0.177. The molecule has 5 nitrogen and oxygen atoms in total. The number of hydrogen-bond donors (Lipinski definition) is 2. The summed E-state index contributed by atoms with van der Waals surface area (Å²) in [6, 6.07) is 11.7. The van der Waals surface area contributed by atoms with E-state index in [0.29, 0.717) is 6.54 Å². The molecule has 2 N–H and O–H groups in total. The molecule has 26 heavy (non-hydrogen) atoms. The van der Waals surface area contributed by atoms with Crippen molar-refractivity contribution in [2.24, 2.45) is 0 Å². The van der Waals surface area contributed by atoms with Crippen molar-refractivity contribution in [2.45, 2.75) is 19.9 Å². The molecule has 6 heteroatoms. The summed E-state index contributed by atoms with van der Waals surface area (Å²) in [6.45, 7) is 6.73. The van der Waals surface area contributed by atoms with Crippen LogP contribution in [0.1, 0.15) is 25.5 Å². The molecule has 1 atom stereocenters. The Kier molecular flexibility index (Phi) is 6.20. The molecule has 0 aliphatic carbocycles. The summed E-state index contributed by atoms with van der Waals surface area (Å²) in [5, 5.41) is 11.1. The van der Waals surface area contributed by atoms with Crippen LogP contribution in [0.15, 0.2) is 53.4 Å². The van der Waals surface area contributed by atoms with Gasteiger partial charge in [0.25, 0.3) is 0 Å². The van der Waals surface area contributed by atoms with Gasteiger partial charge in [0.1, 0.15) is 0 Å². The third-order valence-corrected chi connectivity index (χ3v) is 5.23. The van der Waals surface area contributed by atoms with Crippen molar-refractivity contribution in [1.82, 2.24) is 15.2 Å². The first kappa shape index (κ1) is 18.4. The van der Waals surface area contributed by atoms with Crippen molar-refractivity contribution in [1.29, 1.82) is 0 Å². The Morgan fingerprint density at radius 1 is 1.19 bits per heavy atom. The van der Waals surface area contributed by atoms with E-state index in [1.54, 1.807) is 17.5 Å². The fourth-order valence-corrected chi connectivity index (χ4v) is 3.86. The van der Waals surface area contributed by atoms with E-state index in [4.69, 9.17) is 0 Å². The van der Waals surface area contributed by atoms with Gasteiger partial charge in [-0.3, -0.25) is 9.88 Å². The highest BCUT2D eigenvalue weighted by Gasteiger charge is 2.19. The maximum absolute atomic E-state index is 12.5. The van der Waals surface area contributed by atoms with Gasteiger partial charge in [-0.25, -0.2) is 4.79 Å². The predicted octanol–water partition coefficient (Wildman–Crippen LogP) is 4.50. The summed E-state index contributed by atoms with van der Waals surface area (Å²) in [4.78, 5) is 19.1. The number of amides is 2. The van der Waals surface area contributed by atoms with E-state index < -0.39 is 0 Å². The summed E-state index contributed by atoms with van der Waals surface area (Å²) in [7, 11) is 0. The van der Waals surface area contributed by atoms with Gasteiger partial charge in [-0.1, -0.05) is 19.9 Å². The Balaban J connectivity index is 1.68. The van der Waals surface area contributed by atoms with E-state index in [1.165, 1.54) is 5.56 Å². The summed E-state index contributed by atoms with van der Waals surface area (Å²) in [6.07, 6.45) is 1.75. The van der Waals surface area contributed by atoms with Crippen molar-refractivity contribution in [3.05, 3.63) is 58.9 Å². The number of aromatic nitrogens is 1. The fourth-order valence-electron chi connectivity index (χ4n) is 3.15. The lowest BCUT2D eigenvalue weighted by molar-refractivity contribution is 0.210. The van der Waals surface area contributed by atoms with E-state index in [2.05, 4.69) is 51.2 Å². The minimum Gasteiger partial charge on any atom is -0.336 e. The monoisotopic (exact) mass is 368 g/mol. The zero-order chi connectivity index (χ0) is 18.4. The number of pyridine rings is 1. The summed E-state index contributed by atoms with van der Waals surface area (Å²) >= 11 is 1.68. The number of nitrogens with one attached hydrogen (secondary N) is 2. The van der Waals surface area contributed by atoms with Crippen LogP contribution in [-0.4, -0.2) is 35.5 Å². The van der Waals surface area contributed by atoms with E-state index in [1.807, 2.05) is 30.3 Å². The number of fused-ring (bicyclic) bond motifs is 1. The van der Waals surface area contributed by atoms with Crippen LogP contribution in [0.4, 0.5) is 10.5 Å². The van der Waals surface area contributed by atoms with E-state index in [-0.39, 0.29) is 12.1 Å². The normalized spacial score (nSPS) is 12.3. The number of hydrogen-bond acceptors (Lipinski definition) is 4. The maximum atomic E-state index is 12.5. The van der Waals surface area contributed by atoms with Crippen LogP contribution < -0.4 is 10.6 Å². The Morgan fingerprint density at radius 3 is 2.77 bits per heavy atom. The van der Waals surface area contributed by atoms with Crippen molar-refractivity contribution >= 4 is 34.0 Å². The summed E-state index contributed by atoms with van der Waals surface area (Å²) in [5.41, 5.74) is 2.88. The Bertz CT molecular complexity index is 841. The maximum Gasteiger partial charge on any atom is 0.319 e. The van der Waals surface area contributed by atoms with Gasteiger partial charge < -0.3 is 10.6 Å². The molecule has 0 unspecified atom stereocenters. The zero-order valence-corrected chi connectivity index (χ0v) is 15.9. The van der Waals surface area contributed by atoms with E-state index >= 15 is 0 Å². The second-order valence-corrected chi connectivity index (χ2v) is 6.78. The lowest BCUT2D eigenvalue weighted by atomic mass is 10.1. The Hall–Kier alpha value is -2.44. The molecule has 1 aromatic carbocycles. The van der Waals surface area contributed by atoms with Gasteiger partial charge in [0, 0.05) is 18.1 Å². The van der Waals surface area contributed by atoms with Gasteiger partial charge in [0.2, 0.25) is 0 Å². The first-order valence-corrected chi connectivity index (χ1v) is 9.82. The highest BCUT2D eigenvalue weighted by Crippen LogP contribution is 2.23. The SMILES string of the molecule is CCN(CC)[C@H](CNC(=O)Nc1cccc2ncccc12)c1ccsc1. The van der Waals surface area contributed by atoms with Crippen LogP contribution in [-0.2, 0) is 0 Å². The molecule has 0 radical (unpaired) electrons. The van der Waals surface area contributed by atoms with Gasteiger partial charge in [-0.05, 0) is 59.7 Å². The topological polar surface area (TPSA) is 57.3 Å².